The molecule has 2 aromatic heterocycles. The van der Waals surface area contributed by atoms with E-state index in [-0.39, 0.29) is 77.6 Å². The Labute approximate surface area is 616 Å². The summed E-state index contributed by atoms with van der Waals surface area (Å²) in [5.41, 5.74) is 6.63. The summed E-state index contributed by atoms with van der Waals surface area (Å²) in [7, 11) is 0. The van der Waals surface area contributed by atoms with Crippen LogP contribution in [0.15, 0.2) is 285 Å². The molecule has 2 aliphatic rings. The van der Waals surface area contributed by atoms with Crippen molar-refractivity contribution in [1.29, 1.82) is 0 Å². The topological polar surface area (TPSA) is 16.3 Å². The van der Waals surface area contributed by atoms with E-state index in [0.717, 1.165) is 37.9 Å². The summed E-state index contributed by atoms with van der Waals surface area (Å²) >= 11 is -4.32. The average molecular weight is 1360 g/mol. The van der Waals surface area contributed by atoms with Crippen molar-refractivity contribution in [3.8, 4) is 55.9 Å². The fraction of sp³-hybridized carbons (Fsp3) is 0.161. The van der Waals surface area contributed by atoms with Gasteiger partial charge in [0.15, 0.2) is 0 Å². The van der Waals surface area contributed by atoms with E-state index < -0.39 is 163 Å². The van der Waals surface area contributed by atoms with Gasteiger partial charge in [-0.2, -0.15) is 0 Å². The number of para-hydroxylation sites is 4. The van der Waals surface area contributed by atoms with Crippen molar-refractivity contribution in [2.45, 2.75) is 95.8 Å². The molecule has 482 valence electrons. The van der Waals surface area contributed by atoms with Crippen LogP contribution in [0.2, 0.25) is 17.3 Å². The second-order valence-electron chi connectivity index (χ2n) is 30.1. The maximum absolute atomic E-state index is 12.0. The molecule has 15 aromatic rings. The van der Waals surface area contributed by atoms with Gasteiger partial charge in [-0.15, -0.1) is 0 Å². The summed E-state index contributed by atoms with van der Waals surface area (Å²) in [6.45, 7) is 17.5. The molecule has 6 heteroatoms. The fourth-order valence-electron chi connectivity index (χ4n) is 14.7. The summed E-state index contributed by atoms with van der Waals surface area (Å²) in [5.74, 6) is 6.18. The van der Waals surface area contributed by atoms with E-state index in [1.807, 2.05) is 126 Å². The Hall–Kier alpha value is -10.3. The predicted octanol–water partition coefficient (Wildman–Crippen LogP) is 23.1. The van der Waals surface area contributed by atoms with E-state index in [1.54, 1.807) is 0 Å². The van der Waals surface area contributed by atoms with Crippen molar-refractivity contribution in [3.05, 3.63) is 301 Å². The molecule has 4 heterocycles. The van der Waals surface area contributed by atoms with Crippen LogP contribution in [0.1, 0.15) is 108 Å². The first-order valence-corrected chi connectivity index (χ1v) is 41.0. The summed E-state index contributed by atoms with van der Waals surface area (Å²) in [4.78, 5) is 4.05. The van der Waals surface area contributed by atoms with Crippen LogP contribution in [0.25, 0.3) is 99.5 Å². The second kappa shape index (κ2) is 23.1. The number of hydrogen-bond donors (Lipinski definition) is 0. The molecule has 0 aliphatic carbocycles. The van der Waals surface area contributed by atoms with E-state index in [4.69, 9.17) is 2.74 Å². The number of nitrogens with zero attached hydrogens (tertiary/aromatic N) is 4. The number of fused-ring (bicyclic) bond motifs is 10. The van der Waals surface area contributed by atoms with E-state index in [9.17, 15) is 26.0 Å². The number of aromatic nitrogens is 2. The van der Waals surface area contributed by atoms with Crippen LogP contribution >= 0.6 is 0 Å². The van der Waals surface area contributed by atoms with Crippen LogP contribution in [-0.4, -0.2) is 29.1 Å². The molecule has 17 rings (SSSR count). The van der Waals surface area contributed by atoms with Gasteiger partial charge in [0.1, 0.15) is 0 Å². The summed E-state index contributed by atoms with van der Waals surface area (Å²) in [6, 6.07) is 38.5. The maximum atomic E-state index is 12.0. The van der Waals surface area contributed by atoms with Gasteiger partial charge >= 0.3 is 616 Å². The molecule has 0 fully saturated rings. The normalized spacial score (nSPS) is 16.2. The van der Waals surface area contributed by atoms with E-state index in [2.05, 4.69) is 121 Å². The van der Waals surface area contributed by atoms with Crippen molar-refractivity contribution in [2.24, 2.45) is 0 Å². The number of hydrogen-bond acceptors (Lipinski definition) is 2. The van der Waals surface area contributed by atoms with Crippen LogP contribution in [0.4, 0.5) is 34.1 Å². The van der Waals surface area contributed by atoms with Crippen molar-refractivity contribution in [2.75, 3.05) is 9.80 Å². The Kier molecular flexibility index (Phi) is 10.1. The number of rotatable bonds is 9. The standard InChI is InChI=1S/C93H83BGeN4/c1-91(2,3)64-51-73(60-33-17-13-18-34-60)89(74(52-64)61-35-19-14-20-36-61)98-83-58-67(96-79-45-29-25-41-69(79)70-42-26-30-46-80(70)96)49-50-77(83)94-87-78(95(10,11)12)57-68(97-81-47-31-27-43-71(81)72-44-28-32-48-82(72)97)59-86(87)99(85-56-66(93(7,8)9)55-84(98)88(85)94)90-75(62-37-21-15-22-38-62)53-65(92(4,5)6)54-76(90)63-39-23-16-24-40-63/h13-59H,1-12H3/i25D,26D,27D,28D,29D,30D,31D,32D,41D,42D,43D,44D,45D,46D,47D,48D,49D,50D,57D,58D,59D. The monoisotopic (exact) mass is 1360 g/mol. The van der Waals surface area contributed by atoms with Gasteiger partial charge in [-0.05, 0) is 0 Å². The van der Waals surface area contributed by atoms with Crippen LogP contribution in [-0.2, 0) is 16.2 Å². The SMILES string of the molecule is [2H]c1c([2H])c(-n2c3c([2H])c([2H])c([2H])c([2H])c3c3c([2H])c([2H])c([2H])c([2H])c32)c([2H])c2c1B1c3c(cc(C(C)(C)C)cc3N(c3c(-c4ccccc4)cc(C(C)(C)C)cc3-c3ccccc3)c3c([2H])c(-n4c5c([2H])c([2H])c([2H])c([2H])c5c5c([2H])c([2H])c([2H])c([2H])c54)c([2H])[c]([Ge]([CH3])([CH3])[CH3])c31)N2c1c(-c2ccccc2)cc(C(C)(C)C)cc1-c1ccccc1. The number of anilines is 6. The molecule has 0 atom stereocenters. The molecule has 0 N–H and O–H groups in total. The molecule has 0 unspecified atom stereocenters. The van der Waals surface area contributed by atoms with Gasteiger partial charge in [0.2, 0.25) is 0 Å². The third-order valence-corrected chi connectivity index (χ3v) is 23.6. The van der Waals surface area contributed by atoms with Gasteiger partial charge in [-0.3, -0.25) is 0 Å². The minimum absolute atomic E-state index is 0.00333. The molecule has 0 radical (unpaired) electrons. The molecule has 13 aromatic carbocycles. The van der Waals surface area contributed by atoms with Gasteiger partial charge in [0.25, 0.3) is 0 Å². The van der Waals surface area contributed by atoms with Crippen LogP contribution in [0.3, 0.4) is 0 Å². The first-order valence-electron chi connectivity index (χ1n) is 44.2. The predicted molar refractivity (Wildman–Crippen MR) is 430 cm³/mol. The molecular formula is C93H83BGeN4. The Morgan fingerprint density at radius 2 is 0.657 bits per heavy atom. The Morgan fingerprint density at radius 3 is 1.01 bits per heavy atom. The Bertz CT molecular complexity index is 6730. The summed E-state index contributed by atoms with van der Waals surface area (Å²) < 4.78 is 214. The molecule has 0 bridgehead atoms. The number of benzene rings is 13. The molecule has 0 saturated heterocycles. The fourth-order valence-corrected chi connectivity index (χ4v) is 18.0. The van der Waals surface area contributed by atoms with Crippen LogP contribution in [0.5, 0.6) is 0 Å². The van der Waals surface area contributed by atoms with Gasteiger partial charge in [0, 0.05) is 0 Å². The Balaban J connectivity index is 1.20. The van der Waals surface area contributed by atoms with E-state index in [0.29, 0.717) is 60.4 Å². The van der Waals surface area contributed by atoms with E-state index in [1.165, 1.54) is 4.57 Å². The molecule has 4 nitrogen and oxygen atoms in total. The molecule has 2 aliphatic heterocycles. The van der Waals surface area contributed by atoms with Gasteiger partial charge in [0.05, 0.1) is 2.74 Å². The molecule has 99 heavy (non-hydrogen) atoms. The third kappa shape index (κ3) is 10.2. The molecular weight excluding hydrogens is 1260 g/mol. The zero-order valence-electron chi connectivity index (χ0n) is 78.4. The zero-order valence-corrected chi connectivity index (χ0v) is 59.5. The third-order valence-electron chi connectivity index (χ3n) is 19.6. The van der Waals surface area contributed by atoms with Crippen molar-refractivity contribution in [3.63, 3.8) is 0 Å². The van der Waals surface area contributed by atoms with Crippen molar-refractivity contribution >= 4 is 118 Å². The second-order valence-corrected chi connectivity index (χ2v) is 40.6. The summed E-state index contributed by atoms with van der Waals surface area (Å²) in [5, 5.41) is -1.18. The molecule has 0 saturated carbocycles. The minimum atomic E-state index is -4.32. The van der Waals surface area contributed by atoms with Crippen molar-refractivity contribution < 1.29 is 28.8 Å². The molecule has 0 spiro atoms. The average Bonchev–Trinajstić information content (AvgIpc) is 0.803. The van der Waals surface area contributed by atoms with Gasteiger partial charge < -0.3 is 0 Å². The first-order chi connectivity index (χ1) is 56.4. The van der Waals surface area contributed by atoms with Crippen molar-refractivity contribution in [1.82, 2.24) is 9.13 Å². The van der Waals surface area contributed by atoms with Crippen LogP contribution in [0, 0.1) is 0 Å². The van der Waals surface area contributed by atoms with Crippen LogP contribution < -0.4 is 30.6 Å². The zero-order chi connectivity index (χ0) is 86.3. The molecule has 0 amide bonds. The summed E-state index contributed by atoms with van der Waals surface area (Å²) in [6.07, 6.45) is 0. The first kappa shape index (κ1) is 43.2. The van der Waals surface area contributed by atoms with Gasteiger partial charge in [-0.1, -0.05) is 0 Å². The quantitative estimate of drug-likeness (QED) is 0.134. The Morgan fingerprint density at radius 1 is 0.333 bits per heavy atom. The van der Waals surface area contributed by atoms with Gasteiger partial charge in [-0.25, -0.2) is 0 Å². The van der Waals surface area contributed by atoms with E-state index >= 15 is 0 Å².